The van der Waals surface area contributed by atoms with Crippen LogP contribution in [0.25, 0.3) is 10.6 Å². The van der Waals surface area contributed by atoms with Gasteiger partial charge in [0.05, 0.1) is 24.3 Å². The number of rotatable bonds is 6. The molecule has 1 amide bonds. The summed E-state index contributed by atoms with van der Waals surface area (Å²) in [5.74, 6) is -2.07. The second-order valence-electron chi connectivity index (χ2n) is 8.35. The maximum Gasteiger partial charge on any atom is 0.410 e. The number of thiazole rings is 1. The van der Waals surface area contributed by atoms with Gasteiger partial charge in [-0.15, -0.1) is 11.3 Å². The van der Waals surface area contributed by atoms with E-state index in [-0.39, 0.29) is 24.5 Å². The minimum absolute atomic E-state index is 0.0571. The number of nitrogens with zero attached hydrogens (tertiary/aromatic N) is 2. The molecule has 1 aromatic carbocycles. The number of aromatic carboxylic acids is 1. The van der Waals surface area contributed by atoms with E-state index in [2.05, 4.69) is 4.98 Å². The monoisotopic (exact) mass is 466 g/mol. The molecule has 0 radical (unpaired) electrons. The van der Waals surface area contributed by atoms with Crippen LogP contribution < -0.4 is 4.74 Å². The van der Waals surface area contributed by atoms with Crippen LogP contribution in [0, 0.1) is 5.82 Å². The van der Waals surface area contributed by atoms with Crippen LogP contribution >= 0.6 is 11.3 Å². The summed E-state index contributed by atoms with van der Waals surface area (Å²) < 4.78 is 31.6. The van der Waals surface area contributed by atoms with Crippen molar-refractivity contribution in [2.45, 2.75) is 45.8 Å². The smallest absolute Gasteiger partial charge is 0.410 e. The van der Waals surface area contributed by atoms with Gasteiger partial charge in [-0.2, -0.15) is 0 Å². The van der Waals surface area contributed by atoms with Gasteiger partial charge in [0.2, 0.25) is 0 Å². The first-order chi connectivity index (χ1) is 15.1. The van der Waals surface area contributed by atoms with Crippen molar-refractivity contribution in [3.8, 4) is 16.3 Å². The number of carbonyl (C=O) groups excluding carboxylic acids is 1. The van der Waals surface area contributed by atoms with Crippen LogP contribution in [0.3, 0.4) is 0 Å². The minimum atomic E-state index is -1.40. The Morgan fingerprint density at radius 2 is 2.12 bits per heavy atom. The van der Waals surface area contributed by atoms with Gasteiger partial charge in [-0.05, 0) is 39.3 Å². The van der Waals surface area contributed by atoms with Crippen LogP contribution in [0.15, 0.2) is 18.3 Å². The van der Waals surface area contributed by atoms with Gasteiger partial charge in [-0.25, -0.2) is 19.0 Å². The molecule has 3 rings (SSSR count). The zero-order valence-corrected chi connectivity index (χ0v) is 19.3. The van der Waals surface area contributed by atoms with Crippen LogP contribution in [-0.2, 0) is 15.9 Å². The number of aromatic nitrogens is 1. The second-order valence-corrected chi connectivity index (χ2v) is 9.47. The number of hydrogen-bond acceptors (Lipinski definition) is 7. The van der Waals surface area contributed by atoms with Crippen LogP contribution in [0.1, 0.15) is 42.9 Å². The van der Waals surface area contributed by atoms with Gasteiger partial charge in [0.25, 0.3) is 0 Å². The maximum absolute atomic E-state index is 14.8. The molecule has 1 aromatic heterocycles. The molecule has 1 N–H and O–H groups in total. The molecular formula is C22H27FN2O6S. The summed E-state index contributed by atoms with van der Waals surface area (Å²) in [6, 6.07) is 2.58. The molecule has 1 fully saturated rings. The van der Waals surface area contributed by atoms with Gasteiger partial charge in [0.15, 0.2) is 0 Å². The molecule has 0 aliphatic carbocycles. The van der Waals surface area contributed by atoms with Gasteiger partial charge < -0.3 is 24.2 Å². The SMILES string of the molecule is CCc1cnc(-c2cc(OCC3CN(C(=O)OC(C)(C)C)CCO3)cc(C(=O)O)c2F)s1. The molecule has 0 bridgehead atoms. The largest absolute Gasteiger partial charge is 0.491 e. The standard InChI is InChI=1S/C22H27FN2O6S/c1-5-15-10-24-19(32-15)16-8-13(9-17(18(16)23)20(26)27)30-12-14-11-25(6-7-29-14)21(28)31-22(2,3)4/h8-10,14H,5-7,11-12H2,1-4H3,(H,26,27). The first-order valence-electron chi connectivity index (χ1n) is 10.3. The van der Waals surface area contributed by atoms with Crippen molar-refractivity contribution in [1.29, 1.82) is 0 Å². The molecule has 8 nitrogen and oxygen atoms in total. The summed E-state index contributed by atoms with van der Waals surface area (Å²) in [4.78, 5) is 30.6. The summed E-state index contributed by atoms with van der Waals surface area (Å²) in [6.45, 7) is 8.39. The van der Waals surface area contributed by atoms with Crippen LogP contribution in [0.5, 0.6) is 5.75 Å². The molecule has 1 unspecified atom stereocenters. The number of benzene rings is 1. The summed E-state index contributed by atoms with van der Waals surface area (Å²) in [5.41, 5.74) is -1.03. The predicted molar refractivity (Wildman–Crippen MR) is 117 cm³/mol. The number of carboxylic acids is 1. The Hall–Kier alpha value is -2.72. The fourth-order valence-electron chi connectivity index (χ4n) is 3.09. The fraction of sp³-hybridized carbons (Fsp3) is 0.500. The van der Waals surface area contributed by atoms with Crippen LogP contribution in [0.4, 0.5) is 9.18 Å². The van der Waals surface area contributed by atoms with Gasteiger partial charge in [0.1, 0.15) is 34.9 Å². The Morgan fingerprint density at radius 1 is 1.38 bits per heavy atom. The maximum atomic E-state index is 14.8. The average molecular weight is 467 g/mol. The van der Waals surface area contributed by atoms with Crippen LogP contribution in [-0.4, -0.2) is 65.1 Å². The molecule has 1 aliphatic heterocycles. The molecule has 32 heavy (non-hydrogen) atoms. The highest BCUT2D eigenvalue weighted by Gasteiger charge is 2.29. The van der Waals surface area contributed by atoms with Crippen molar-refractivity contribution in [2.24, 2.45) is 0 Å². The normalized spacial score (nSPS) is 16.7. The van der Waals surface area contributed by atoms with E-state index in [9.17, 15) is 19.1 Å². The second kappa shape index (κ2) is 9.83. The van der Waals surface area contributed by atoms with Crippen molar-refractivity contribution in [3.63, 3.8) is 0 Å². The van der Waals surface area contributed by atoms with Gasteiger partial charge in [-0.1, -0.05) is 6.92 Å². The molecular weight excluding hydrogens is 439 g/mol. The lowest BCUT2D eigenvalue weighted by atomic mass is 10.1. The van der Waals surface area contributed by atoms with Gasteiger partial charge in [-0.3, -0.25) is 0 Å². The average Bonchev–Trinajstić information content (AvgIpc) is 3.21. The van der Waals surface area contributed by atoms with E-state index in [0.717, 1.165) is 17.4 Å². The number of ether oxygens (including phenoxy) is 3. The molecule has 1 atom stereocenters. The molecule has 1 saturated heterocycles. The first-order valence-corrected chi connectivity index (χ1v) is 11.1. The zero-order chi connectivity index (χ0) is 23.5. The third kappa shape index (κ3) is 5.95. The van der Waals surface area contributed by atoms with Crippen molar-refractivity contribution in [2.75, 3.05) is 26.3 Å². The Kier molecular flexibility index (Phi) is 7.35. The summed E-state index contributed by atoms with van der Waals surface area (Å²) >= 11 is 1.30. The highest BCUT2D eigenvalue weighted by atomic mass is 32.1. The van der Waals surface area contributed by atoms with Crippen LogP contribution in [0.2, 0.25) is 0 Å². The number of aryl methyl sites for hydroxylation is 1. The van der Waals surface area contributed by atoms with Crippen molar-refractivity contribution >= 4 is 23.4 Å². The first kappa shape index (κ1) is 23.9. The van der Waals surface area contributed by atoms with E-state index in [4.69, 9.17) is 14.2 Å². The van der Waals surface area contributed by atoms with E-state index in [1.165, 1.54) is 17.4 Å². The molecule has 0 saturated carbocycles. The molecule has 0 spiro atoms. The Balaban J connectivity index is 1.74. The lowest BCUT2D eigenvalue weighted by Gasteiger charge is -2.34. The lowest BCUT2D eigenvalue weighted by Crippen LogP contribution is -2.49. The lowest BCUT2D eigenvalue weighted by molar-refractivity contribution is -0.0557. The van der Waals surface area contributed by atoms with E-state index in [1.807, 2.05) is 6.92 Å². The number of carbonyl (C=O) groups is 2. The number of carboxylic acid groups (broad SMARTS) is 1. The highest BCUT2D eigenvalue weighted by Crippen LogP contribution is 2.33. The molecule has 2 heterocycles. The summed E-state index contributed by atoms with van der Waals surface area (Å²) in [6.07, 6.45) is 1.52. The summed E-state index contributed by atoms with van der Waals surface area (Å²) in [5, 5.41) is 9.81. The van der Waals surface area contributed by atoms with E-state index in [1.54, 1.807) is 31.9 Å². The number of amides is 1. The van der Waals surface area contributed by atoms with E-state index in [0.29, 0.717) is 18.2 Å². The Morgan fingerprint density at radius 3 is 2.75 bits per heavy atom. The van der Waals surface area contributed by atoms with Gasteiger partial charge >= 0.3 is 12.1 Å². The predicted octanol–water partition coefficient (Wildman–Crippen LogP) is 4.22. The number of hydrogen-bond donors (Lipinski definition) is 1. The third-order valence-electron chi connectivity index (χ3n) is 4.64. The van der Waals surface area contributed by atoms with Crippen molar-refractivity contribution in [3.05, 3.63) is 34.6 Å². The number of halogens is 1. The zero-order valence-electron chi connectivity index (χ0n) is 18.5. The fourth-order valence-corrected chi connectivity index (χ4v) is 3.95. The molecule has 2 aromatic rings. The van der Waals surface area contributed by atoms with Gasteiger partial charge in [0, 0.05) is 17.6 Å². The third-order valence-corrected chi connectivity index (χ3v) is 5.81. The van der Waals surface area contributed by atoms with E-state index >= 15 is 0 Å². The quantitative estimate of drug-likeness (QED) is 0.680. The van der Waals surface area contributed by atoms with Crippen molar-refractivity contribution in [1.82, 2.24) is 9.88 Å². The number of morpholine rings is 1. The molecule has 10 heteroatoms. The Labute approximate surface area is 189 Å². The van der Waals surface area contributed by atoms with E-state index < -0.39 is 35.1 Å². The summed E-state index contributed by atoms with van der Waals surface area (Å²) in [7, 11) is 0. The molecule has 174 valence electrons. The molecule has 1 aliphatic rings. The minimum Gasteiger partial charge on any atom is -0.491 e. The highest BCUT2D eigenvalue weighted by molar-refractivity contribution is 7.15. The topological polar surface area (TPSA) is 98.2 Å². The van der Waals surface area contributed by atoms with Crippen molar-refractivity contribution < 1.29 is 33.3 Å². The Bertz CT molecular complexity index is 987.